The maximum atomic E-state index is 10.6. The molecule has 0 aromatic carbocycles. The molecule has 13 heteroatoms. The van der Waals surface area contributed by atoms with Crippen LogP contribution in [0.25, 0.3) is 21.6 Å². The number of aliphatic carboxylic acids is 1. The summed E-state index contributed by atoms with van der Waals surface area (Å²) in [5.74, 6) is -2.76. The first kappa shape index (κ1) is 22.1. The average Bonchev–Trinajstić information content (AvgIpc) is 3.10. The third-order valence-corrected chi connectivity index (χ3v) is 5.89. The molecule has 0 amide bonds. The Morgan fingerprint density at radius 3 is 2.63 bits per heavy atom. The van der Waals surface area contributed by atoms with Crippen molar-refractivity contribution in [3.8, 4) is 10.6 Å². The standard InChI is InChI=1S/C12H10ClIN4S2.C2HF3O2/c13-6-1-4-20-11(6)9-7(14)8-10(18(9)3-2-15)12(19)17-5-16-8;3-2(4,5)1(6)7/h1,4-5H,2-3,15H2,(H,16,17,19);(H,6,7). The average molecular weight is 551 g/mol. The van der Waals surface area contributed by atoms with E-state index in [1.807, 2.05) is 11.4 Å². The quantitative estimate of drug-likeness (QED) is 0.325. The van der Waals surface area contributed by atoms with Gasteiger partial charge in [0, 0.05) is 13.1 Å². The molecular formula is C14H11ClF3IN4O2S2. The second-order valence-corrected chi connectivity index (χ2v) is 7.74. The zero-order valence-corrected chi connectivity index (χ0v) is 17.7. The lowest BCUT2D eigenvalue weighted by atomic mass is 10.3. The lowest BCUT2D eigenvalue weighted by Crippen LogP contribution is -2.21. The van der Waals surface area contributed by atoms with Crippen molar-refractivity contribution in [1.82, 2.24) is 14.5 Å². The number of hydrogen-bond donors (Lipinski definition) is 3. The summed E-state index contributed by atoms with van der Waals surface area (Å²) in [6.45, 7) is 1.20. The van der Waals surface area contributed by atoms with E-state index in [2.05, 4.69) is 37.1 Å². The van der Waals surface area contributed by atoms with Crippen LogP contribution in [0.1, 0.15) is 0 Å². The summed E-state index contributed by atoms with van der Waals surface area (Å²) < 4.78 is 35.6. The van der Waals surface area contributed by atoms with Crippen molar-refractivity contribution in [1.29, 1.82) is 0 Å². The lowest BCUT2D eigenvalue weighted by Gasteiger charge is -2.08. The number of fused-ring (bicyclic) bond motifs is 1. The van der Waals surface area contributed by atoms with Gasteiger partial charge in [0.25, 0.3) is 0 Å². The van der Waals surface area contributed by atoms with Gasteiger partial charge in [-0.1, -0.05) is 23.8 Å². The first-order valence-electron chi connectivity index (χ1n) is 7.08. The predicted molar refractivity (Wildman–Crippen MR) is 109 cm³/mol. The minimum Gasteiger partial charge on any atom is -0.475 e. The fourth-order valence-corrected chi connectivity index (χ4v) is 4.79. The number of nitrogens with one attached hydrogen (secondary N) is 1. The SMILES string of the molecule is NCCn1c(-c2sccc2Cl)c(I)c2nc[nH]c(=S)c21.O=C(O)C(F)(F)F. The maximum absolute atomic E-state index is 10.6. The lowest BCUT2D eigenvalue weighted by molar-refractivity contribution is -0.192. The number of aromatic amines is 1. The summed E-state index contributed by atoms with van der Waals surface area (Å²) in [6, 6.07) is 1.90. The Hall–Kier alpha value is -1.22. The smallest absolute Gasteiger partial charge is 0.475 e. The highest BCUT2D eigenvalue weighted by molar-refractivity contribution is 14.1. The number of thiophene rings is 1. The molecular weight excluding hydrogens is 540 g/mol. The van der Waals surface area contributed by atoms with Crippen LogP contribution in [0.15, 0.2) is 17.8 Å². The molecule has 0 saturated heterocycles. The molecule has 4 N–H and O–H groups in total. The Balaban J connectivity index is 0.000000321. The van der Waals surface area contributed by atoms with E-state index >= 15 is 0 Å². The highest BCUT2D eigenvalue weighted by Crippen LogP contribution is 2.40. The van der Waals surface area contributed by atoms with Crippen molar-refractivity contribution < 1.29 is 23.1 Å². The summed E-state index contributed by atoms with van der Waals surface area (Å²) >= 11 is 15.6. The molecule has 3 aromatic rings. The van der Waals surface area contributed by atoms with Crippen LogP contribution in [0.4, 0.5) is 13.2 Å². The van der Waals surface area contributed by atoms with Crippen LogP contribution in [0.5, 0.6) is 0 Å². The molecule has 27 heavy (non-hydrogen) atoms. The number of carboxylic acid groups (broad SMARTS) is 1. The molecule has 3 aromatic heterocycles. The fourth-order valence-electron chi connectivity index (χ4n) is 2.18. The van der Waals surface area contributed by atoms with Crippen LogP contribution in [0, 0.1) is 8.21 Å². The van der Waals surface area contributed by atoms with Gasteiger partial charge < -0.3 is 20.4 Å². The number of nitrogens with two attached hydrogens (primary N) is 1. The van der Waals surface area contributed by atoms with Crippen molar-refractivity contribution in [2.24, 2.45) is 5.73 Å². The first-order valence-corrected chi connectivity index (χ1v) is 9.83. The van der Waals surface area contributed by atoms with Gasteiger partial charge >= 0.3 is 12.1 Å². The monoisotopic (exact) mass is 550 g/mol. The molecule has 0 aliphatic carbocycles. The van der Waals surface area contributed by atoms with E-state index in [0.29, 0.717) is 17.7 Å². The van der Waals surface area contributed by atoms with E-state index in [4.69, 9.17) is 39.5 Å². The van der Waals surface area contributed by atoms with Gasteiger partial charge in [-0.25, -0.2) is 9.78 Å². The number of aromatic nitrogens is 3. The largest absolute Gasteiger partial charge is 0.490 e. The summed E-state index contributed by atoms with van der Waals surface area (Å²) in [4.78, 5) is 17.3. The van der Waals surface area contributed by atoms with Gasteiger partial charge in [-0.3, -0.25) is 0 Å². The molecule has 3 heterocycles. The Kier molecular flexibility index (Phi) is 7.24. The topological polar surface area (TPSA) is 96.9 Å². The van der Waals surface area contributed by atoms with Gasteiger partial charge in [-0.2, -0.15) is 13.2 Å². The Morgan fingerprint density at radius 1 is 1.52 bits per heavy atom. The Morgan fingerprint density at radius 2 is 2.15 bits per heavy atom. The molecule has 0 atom stereocenters. The van der Waals surface area contributed by atoms with Crippen LogP contribution in [-0.2, 0) is 11.3 Å². The third kappa shape index (κ3) is 4.80. The zero-order chi connectivity index (χ0) is 20.4. The fraction of sp³-hybridized carbons (Fsp3) is 0.214. The van der Waals surface area contributed by atoms with Gasteiger partial charge in [0.05, 0.1) is 25.5 Å². The molecule has 0 spiro atoms. The van der Waals surface area contributed by atoms with Crippen molar-refractivity contribution in [3.05, 3.63) is 31.0 Å². The highest BCUT2D eigenvalue weighted by Gasteiger charge is 2.38. The number of carboxylic acids is 1. The van der Waals surface area contributed by atoms with Crippen LogP contribution in [0.3, 0.4) is 0 Å². The van der Waals surface area contributed by atoms with Gasteiger partial charge in [-0.15, -0.1) is 11.3 Å². The number of carbonyl (C=O) groups is 1. The van der Waals surface area contributed by atoms with Crippen LogP contribution in [0.2, 0.25) is 5.02 Å². The molecule has 0 radical (unpaired) electrons. The molecule has 0 unspecified atom stereocenters. The molecule has 6 nitrogen and oxygen atoms in total. The number of nitrogens with zero attached hydrogens (tertiary/aromatic N) is 2. The van der Waals surface area contributed by atoms with Crippen molar-refractivity contribution in [2.45, 2.75) is 12.7 Å². The van der Waals surface area contributed by atoms with Gasteiger partial charge in [0.2, 0.25) is 0 Å². The minimum atomic E-state index is -5.08. The number of H-pyrrole nitrogens is 1. The number of halogens is 5. The molecule has 0 aliphatic heterocycles. The van der Waals surface area contributed by atoms with E-state index in [-0.39, 0.29) is 0 Å². The molecule has 3 rings (SSSR count). The Bertz CT molecular complexity index is 1030. The van der Waals surface area contributed by atoms with Gasteiger partial charge in [0.1, 0.15) is 15.7 Å². The predicted octanol–water partition coefficient (Wildman–Crippen LogP) is 4.67. The maximum Gasteiger partial charge on any atom is 0.490 e. The van der Waals surface area contributed by atoms with E-state index in [1.54, 1.807) is 17.7 Å². The van der Waals surface area contributed by atoms with E-state index in [0.717, 1.165) is 30.2 Å². The van der Waals surface area contributed by atoms with Crippen molar-refractivity contribution >= 4 is 74.7 Å². The highest BCUT2D eigenvalue weighted by atomic mass is 127. The minimum absolute atomic E-state index is 0.527. The van der Waals surface area contributed by atoms with Crippen LogP contribution in [-0.4, -0.2) is 38.3 Å². The molecule has 0 aliphatic rings. The summed E-state index contributed by atoms with van der Waals surface area (Å²) in [6.07, 6.45) is -3.46. The molecule has 146 valence electrons. The van der Waals surface area contributed by atoms with Crippen LogP contribution >= 0.6 is 57.7 Å². The van der Waals surface area contributed by atoms with E-state index < -0.39 is 12.1 Å². The molecule has 0 bridgehead atoms. The number of hydrogen-bond acceptors (Lipinski definition) is 5. The molecule has 0 saturated carbocycles. The zero-order valence-electron chi connectivity index (χ0n) is 13.2. The summed E-state index contributed by atoms with van der Waals surface area (Å²) in [7, 11) is 0. The van der Waals surface area contributed by atoms with Crippen molar-refractivity contribution in [2.75, 3.05) is 6.54 Å². The Labute approximate surface area is 178 Å². The third-order valence-electron chi connectivity index (χ3n) is 3.21. The summed E-state index contributed by atoms with van der Waals surface area (Å²) in [5, 5.41) is 9.84. The summed E-state index contributed by atoms with van der Waals surface area (Å²) in [5.41, 5.74) is 8.60. The first-order chi connectivity index (χ1) is 12.6. The van der Waals surface area contributed by atoms with Gasteiger partial charge in [0.15, 0.2) is 0 Å². The molecule has 0 fully saturated rings. The van der Waals surface area contributed by atoms with E-state index in [9.17, 15) is 13.2 Å². The second kappa shape index (κ2) is 8.86. The number of alkyl halides is 3. The van der Waals surface area contributed by atoms with Gasteiger partial charge in [-0.05, 0) is 34.0 Å². The normalized spacial score (nSPS) is 11.3. The second-order valence-electron chi connectivity index (χ2n) is 4.93. The van der Waals surface area contributed by atoms with E-state index in [1.165, 1.54) is 0 Å². The van der Waals surface area contributed by atoms with Crippen molar-refractivity contribution in [3.63, 3.8) is 0 Å². The van der Waals surface area contributed by atoms with Crippen LogP contribution < -0.4 is 5.73 Å². The number of rotatable bonds is 3.